The molecule has 0 fully saturated rings. The lowest BCUT2D eigenvalue weighted by atomic mass is 10.2. The molecule has 0 saturated heterocycles. The molecule has 1 aromatic carbocycles. The number of amides is 1. The van der Waals surface area contributed by atoms with Crippen LogP contribution < -0.4 is 10.6 Å². The highest BCUT2D eigenvalue weighted by molar-refractivity contribution is 6.04. The summed E-state index contributed by atoms with van der Waals surface area (Å²) in [6, 6.07) is 7.68. The molecule has 1 heterocycles. The fourth-order valence-electron chi connectivity index (χ4n) is 1.51. The Morgan fingerprint density at radius 1 is 1.17 bits per heavy atom. The fourth-order valence-corrected chi connectivity index (χ4v) is 1.51. The van der Waals surface area contributed by atoms with Gasteiger partial charge in [-0.05, 0) is 19.1 Å². The molecule has 5 nitrogen and oxygen atoms in total. The third kappa shape index (κ3) is 2.45. The molecule has 2 rings (SSSR count). The molecule has 0 unspecified atom stereocenters. The Hall–Kier alpha value is -2.43. The second-order valence-corrected chi connectivity index (χ2v) is 4.03. The van der Waals surface area contributed by atoms with Crippen molar-refractivity contribution in [2.75, 3.05) is 17.7 Å². The highest BCUT2D eigenvalue weighted by atomic mass is 16.2. The van der Waals surface area contributed by atoms with Gasteiger partial charge in [0.15, 0.2) is 0 Å². The first-order valence-corrected chi connectivity index (χ1v) is 5.50. The molecule has 0 aliphatic rings. The molecule has 0 aliphatic carbocycles. The SMILES string of the molecule is Cc1ccc(N(C)C(=O)c2cnc(N)cn2)cc1. The van der Waals surface area contributed by atoms with Crippen molar-refractivity contribution in [3.05, 3.63) is 47.9 Å². The molecule has 1 aromatic heterocycles. The molecule has 0 aliphatic heterocycles. The zero-order chi connectivity index (χ0) is 13.1. The third-order valence-electron chi connectivity index (χ3n) is 2.62. The summed E-state index contributed by atoms with van der Waals surface area (Å²) in [5, 5.41) is 0. The van der Waals surface area contributed by atoms with Crippen LogP contribution in [0.25, 0.3) is 0 Å². The minimum absolute atomic E-state index is 0.216. The number of carbonyl (C=O) groups excluding carboxylic acids is 1. The molecule has 18 heavy (non-hydrogen) atoms. The van der Waals surface area contributed by atoms with E-state index in [-0.39, 0.29) is 11.6 Å². The Balaban J connectivity index is 2.23. The number of aryl methyl sites for hydroxylation is 1. The highest BCUT2D eigenvalue weighted by Gasteiger charge is 2.14. The molecular weight excluding hydrogens is 228 g/mol. The maximum absolute atomic E-state index is 12.1. The van der Waals surface area contributed by atoms with Crippen molar-refractivity contribution in [1.82, 2.24) is 9.97 Å². The van der Waals surface area contributed by atoms with Gasteiger partial charge in [-0.1, -0.05) is 17.7 Å². The number of hydrogen-bond donors (Lipinski definition) is 1. The summed E-state index contributed by atoms with van der Waals surface area (Å²) in [7, 11) is 1.70. The Bertz CT molecular complexity index is 548. The molecule has 1 amide bonds. The summed E-state index contributed by atoms with van der Waals surface area (Å²) < 4.78 is 0. The molecule has 5 heteroatoms. The fraction of sp³-hybridized carbons (Fsp3) is 0.154. The lowest BCUT2D eigenvalue weighted by Crippen LogP contribution is -2.27. The van der Waals surface area contributed by atoms with Crippen molar-refractivity contribution in [2.24, 2.45) is 0 Å². The highest BCUT2D eigenvalue weighted by Crippen LogP contribution is 2.15. The van der Waals surface area contributed by atoms with Gasteiger partial charge in [-0.15, -0.1) is 0 Å². The zero-order valence-corrected chi connectivity index (χ0v) is 10.3. The van der Waals surface area contributed by atoms with Crippen molar-refractivity contribution in [1.29, 1.82) is 0 Å². The van der Waals surface area contributed by atoms with Gasteiger partial charge in [0.2, 0.25) is 0 Å². The van der Waals surface area contributed by atoms with Crippen LogP contribution in [0.4, 0.5) is 11.5 Å². The first-order valence-electron chi connectivity index (χ1n) is 5.50. The van der Waals surface area contributed by atoms with Gasteiger partial charge in [-0.25, -0.2) is 9.97 Å². The van der Waals surface area contributed by atoms with Gasteiger partial charge < -0.3 is 10.6 Å². The largest absolute Gasteiger partial charge is 0.382 e. The van der Waals surface area contributed by atoms with Crippen LogP contribution in [0.3, 0.4) is 0 Å². The molecule has 0 radical (unpaired) electrons. The average Bonchev–Trinajstić information content (AvgIpc) is 2.39. The quantitative estimate of drug-likeness (QED) is 0.869. The number of carbonyl (C=O) groups is 1. The predicted molar refractivity (Wildman–Crippen MR) is 70.4 cm³/mol. The summed E-state index contributed by atoms with van der Waals surface area (Å²) in [5.41, 5.74) is 7.66. The second-order valence-electron chi connectivity index (χ2n) is 4.03. The minimum Gasteiger partial charge on any atom is -0.382 e. The molecule has 0 bridgehead atoms. The number of hydrogen-bond acceptors (Lipinski definition) is 4. The molecule has 0 spiro atoms. The maximum Gasteiger partial charge on any atom is 0.278 e. The maximum atomic E-state index is 12.1. The summed E-state index contributed by atoms with van der Waals surface area (Å²) in [6.07, 6.45) is 2.75. The normalized spacial score (nSPS) is 10.1. The van der Waals surface area contributed by atoms with Gasteiger partial charge in [-0.2, -0.15) is 0 Å². The Kier molecular flexibility index (Phi) is 3.23. The van der Waals surface area contributed by atoms with Gasteiger partial charge in [-0.3, -0.25) is 4.79 Å². The molecule has 92 valence electrons. The summed E-state index contributed by atoms with van der Waals surface area (Å²) in [6.45, 7) is 2.00. The van der Waals surface area contributed by atoms with Gasteiger partial charge in [0.05, 0.1) is 12.4 Å². The summed E-state index contributed by atoms with van der Waals surface area (Å²) >= 11 is 0. The second kappa shape index (κ2) is 4.83. The van der Waals surface area contributed by atoms with Crippen LogP contribution in [0.2, 0.25) is 0 Å². The van der Waals surface area contributed by atoms with Crippen molar-refractivity contribution < 1.29 is 4.79 Å². The molecule has 0 atom stereocenters. The van der Waals surface area contributed by atoms with Gasteiger partial charge in [0.25, 0.3) is 5.91 Å². The molecule has 2 N–H and O–H groups in total. The number of benzene rings is 1. The smallest absolute Gasteiger partial charge is 0.278 e. The number of nitrogens with zero attached hydrogens (tertiary/aromatic N) is 3. The number of anilines is 2. The van der Waals surface area contributed by atoms with E-state index in [1.807, 2.05) is 31.2 Å². The van der Waals surface area contributed by atoms with Gasteiger partial charge >= 0.3 is 0 Å². The van der Waals surface area contributed by atoms with Crippen LogP contribution in [0.1, 0.15) is 16.1 Å². The predicted octanol–water partition coefficient (Wildman–Crippen LogP) is 1.64. The van der Waals surface area contributed by atoms with Crippen molar-refractivity contribution >= 4 is 17.4 Å². The summed E-state index contributed by atoms with van der Waals surface area (Å²) in [4.78, 5) is 21.5. The Morgan fingerprint density at radius 2 is 1.83 bits per heavy atom. The van der Waals surface area contributed by atoms with E-state index < -0.39 is 0 Å². The zero-order valence-electron chi connectivity index (χ0n) is 10.3. The van der Waals surface area contributed by atoms with Crippen LogP contribution in [0.5, 0.6) is 0 Å². The minimum atomic E-state index is -0.216. The van der Waals surface area contributed by atoms with E-state index in [1.54, 1.807) is 7.05 Å². The van der Waals surface area contributed by atoms with Crippen molar-refractivity contribution in [3.63, 3.8) is 0 Å². The van der Waals surface area contributed by atoms with Gasteiger partial charge in [0.1, 0.15) is 11.5 Å². The third-order valence-corrected chi connectivity index (χ3v) is 2.62. The van der Waals surface area contributed by atoms with E-state index in [0.29, 0.717) is 5.82 Å². The first kappa shape index (κ1) is 12.0. The van der Waals surface area contributed by atoms with Gasteiger partial charge in [0, 0.05) is 12.7 Å². The number of rotatable bonds is 2. The van der Waals surface area contributed by atoms with E-state index in [2.05, 4.69) is 9.97 Å². The van der Waals surface area contributed by atoms with Crippen LogP contribution >= 0.6 is 0 Å². The van der Waals surface area contributed by atoms with Crippen molar-refractivity contribution in [2.45, 2.75) is 6.92 Å². The van der Waals surface area contributed by atoms with E-state index in [9.17, 15) is 4.79 Å². The number of nitrogen functional groups attached to an aromatic ring is 1. The standard InChI is InChI=1S/C13H14N4O/c1-9-3-5-10(6-4-9)17(2)13(18)11-7-16-12(14)8-15-11/h3-8H,1-2H3,(H2,14,16). The lowest BCUT2D eigenvalue weighted by Gasteiger charge is -2.16. The number of nitrogens with two attached hydrogens (primary N) is 1. The first-order chi connectivity index (χ1) is 8.58. The van der Waals surface area contributed by atoms with E-state index >= 15 is 0 Å². The number of aromatic nitrogens is 2. The lowest BCUT2D eigenvalue weighted by molar-refractivity contribution is 0.0988. The monoisotopic (exact) mass is 242 g/mol. The van der Waals surface area contributed by atoms with Crippen LogP contribution in [0, 0.1) is 6.92 Å². The molecular formula is C13H14N4O. The topological polar surface area (TPSA) is 72.1 Å². The van der Waals surface area contributed by atoms with E-state index in [0.717, 1.165) is 11.3 Å². The average molecular weight is 242 g/mol. The van der Waals surface area contributed by atoms with Crippen LogP contribution in [-0.4, -0.2) is 22.9 Å². The van der Waals surface area contributed by atoms with E-state index in [1.165, 1.54) is 17.3 Å². The Morgan fingerprint density at radius 3 is 2.39 bits per heavy atom. The Labute approximate surface area is 105 Å². The molecule has 2 aromatic rings. The summed E-state index contributed by atoms with van der Waals surface area (Å²) in [5.74, 6) is 0.0795. The molecule has 0 saturated carbocycles. The van der Waals surface area contributed by atoms with Crippen molar-refractivity contribution in [3.8, 4) is 0 Å². The van der Waals surface area contributed by atoms with E-state index in [4.69, 9.17) is 5.73 Å². The van der Waals surface area contributed by atoms with Crippen LogP contribution in [0.15, 0.2) is 36.7 Å². The van der Waals surface area contributed by atoms with Crippen LogP contribution in [-0.2, 0) is 0 Å².